The van der Waals surface area contributed by atoms with Gasteiger partial charge in [-0.05, 0) is 36.5 Å². The van der Waals surface area contributed by atoms with E-state index in [1.54, 1.807) is 24.3 Å². The molecule has 148 valence electrons. The van der Waals surface area contributed by atoms with Gasteiger partial charge in [0.05, 0.1) is 0 Å². The second-order valence-corrected chi connectivity index (χ2v) is 7.28. The van der Waals surface area contributed by atoms with Crippen molar-refractivity contribution < 1.29 is 19.1 Å². The fourth-order valence-electron chi connectivity index (χ4n) is 3.48. The molecule has 0 heterocycles. The second kappa shape index (κ2) is 9.93. The van der Waals surface area contributed by atoms with E-state index in [-0.39, 0.29) is 18.6 Å². The van der Waals surface area contributed by atoms with Crippen LogP contribution in [0.1, 0.15) is 48.5 Å². The van der Waals surface area contributed by atoms with E-state index in [4.69, 9.17) is 9.47 Å². The summed E-state index contributed by atoms with van der Waals surface area (Å²) < 4.78 is 11.0. The Balaban J connectivity index is 1.53. The molecule has 0 unspecified atom stereocenters. The average Bonchev–Trinajstić information content (AvgIpc) is 2.73. The third-order valence-corrected chi connectivity index (χ3v) is 5.14. The Labute approximate surface area is 166 Å². The Morgan fingerprint density at radius 1 is 1.00 bits per heavy atom. The highest BCUT2D eigenvalue weighted by Gasteiger charge is 2.23. The van der Waals surface area contributed by atoms with Gasteiger partial charge in [-0.3, -0.25) is 4.79 Å². The first kappa shape index (κ1) is 19.9. The van der Waals surface area contributed by atoms with Crippen LogP contribution in [0.15, 0.2) is 54.6 Å². The highest BCUT2D eigenvalue weighted by Crippen LogP contribution is 2.24. The topological polar surface area (TPSA) is 64.6 Å². The molecule has 3 rings (SSSR count). The van der Waals surface area contributed by atoms with Gasteiger partial charge in [0.1, 0.15) is 17.9 Å². The number of nitrogens with one attached hydrogen (secondary N) is 1. The molecule has 0 spiro atoms. The number of rotatable bonds is 7. The Kier molecular flexibility index (Phi) is 7.06. The molecular weight excluding hydrogens is 354 g/mol. The molecule has 1 saturated carbocycles. The van der Waals surface area contributed by atoms with Crippen molar-refractivity contribution in [2.45, 2.75) is 45.3 Å². The van der Waals surface area contributed by atoms with Crippen LogP contribution >= 0.6 is 0 Å². The quantitative estimate of drug-likeness (QED) is 0.733. The highest BCUT2D eigenvalue weighted by molar-refractivity contribution is 5.94. The van der Waals surface area contributed by atoms with Gasteiger partial charge in [-0.2, -0.15) is 0 Å². The third kappa shape index (κ3) is 5.59. The van der Waals surface area contributed by atoms with Gasteiger partial charge in [0.2, 0.25) is 0 Å². The highest BCUT2D eigenvalue weighted by atomic mass is 16.5. The van der Waals surface area contributed by atoms with E-state index in [0.29, 0.717) is 23.8 Å². The zero-order valence-electron chi connectivity index (χ0n) is 16.2. The van der Waals surface area contributed by atoms with E-state index in [2.05, 4.69) is 12.2 Å². The van der Waals surface area contributed by atoms with Crippen molar-refractivity contribution in [2.75, 3.05) is 6.61 Å². The van der Waals surface area contributed by atoms with Crippen LogP contribution in [0, 0.1) is 5.92 Å². The lowest BCUT2D eigenvalue weighted by atomic mass is 9.86. The van der Waals surface area contributed by atoms with Gasteiger partial charge in [-0.25, -0.2) is 4.79 Å². The van der Waals surface area contributed by atoms with E-state index < -0.39 is 5.97 Å². The average molecular weight is 381 g/mol. The number of carbonyl (C=O) groups is 2. The van der Waals surface area contributed by atoms with Gasteiger partial charge in [0, 0.05) is 6.04 Å². The number of hydrogen-bond acceptors (Lipinski definition) is 4. The monoisotopic (exact) mass is 381 g/mol. The van der Waals surface area contributed by atoms with Crippen LogP contribution in [0.3, 0.4) is 0 Å². The second-order valence-electron chi connectivity index (χ2n) is 7.28. The Hall–Kier alpha value is -2.82. The summed E-state index contributed by atoms with van der Waals surface area (Å²) in [6.45, 7) is 2.22. The molecule has 0 aliphatic heterocycles. The van der Waals surface area contributed by atoms with Gasteiger partial charge in [0.15, 0.2) is 6.61 Å². The van der Waals surface area contributed by atoms with Crippen molar-refractivity contribution in [2.24, 2.45) is 5.92 Å². The van der Waals surface area contributed by atoms with Gasteiger partial charge in [-0.1, -0.05) is 62.2 Å². The molecule has 1 aliphatic carbocycles. The fourth-order valence-corrected chi connectivity index (χ4v) is 3.48. The first-order chi connectivity index (χ1) is 13.6. The minimum absolute atomic E-state index is 0.168. The van der Waals surface area contributed by atoms with E-state index in [1.807, 2.05) is 30.3 Å². The van der Waals surface area contributed by atoms with Crippen molar-refractivity contribution in [3.05, 3.63) is 65.7 Å². The molecule has 2 aromatic rings. The maximum absolute atomic E-state index is 12.5. The predicted octanol–water partition coefficient (Wildman–Crippen LogP) is 4.12. The maximum atomic E-state index is 12.5. The van der Waals surface area contributed by atoms with Crippen LogP contribution in [0.2, 0.25) is 0 Å². The predicted molar refractivity (Wildman–Crippen MR) is 107 cm³/mol. The normalized spacial score (nSPS) is 18.9. The summed E-state index contributed by atoms with van der Waals surface area (Å²) in [6.07, 6.45) is 4.44. The zero-order valence-corrected chi connectivity index (χ0v) is 16.2. The molecule has 2 aromatic carbocycles. The number of carbonyl (C=O) groups excluding carboxylic acids is 2. The molecule has 1 aliphatic rings. The number of amides is 1. The summed E-state index contributed by atoms with van der Waals surface area (Å²) in [5.41, 5.74) is 1.32. The number of benzene rings is 2. The van der Waals surface area contributed by atoms with Crippen LogP contribution in [-0.2, 0) is 16.1 Å². The number of ether oxygens (including phenoxy) is 2. The Morgan fingerprint density at radius 3 is 2.50 bits per heavy atom. The molecule has 0 radical (unpaired) electrons. The van der Waals surface area contributed by atoms with E-state index in [9.17, 15) is 9.59 Å². The molecule has 5 heteroatoms. The Morgan fingerprint density at radius 2 is 1.71 bits per heavy atom. The summed E-state index contributed by atoms with van der Waals surface area (Å²) >= 11 is 0. The van der Waals surface area contributed by atoms with Crippen molar-refractivity contribution in [3.63, 3.8) is 0 Å². The number of hydrogen-bond donors (Lipinski definition) is 1. The molecular formula is C23H27NO4. The maximum Gasteiger partial charge on any atom is 0.342 e. The molecule has 0 aromatic heterocycles. The summed E-state index contributed by atoms with van der Waals surface area (Å²) in [7, 11) is 0. The summed E-state index contributed by atoms with van der Waals surface area (Å²) in [6, 6.07) is 16.8. The van der Waals surface area contributed by atoms with Gasteiger partial charge in [0.25, 0.3) is 5.91 Å². The van der Waals surface area contributed by atoms with Gasteiger partial charge >= 0.3 is 5.97 Å². The number of esters is 1. The lowest BCUT2D eigenvalue weighted by Gasteiger charge is -2.29. The van der Waals surface area contributed by atoms with Crippen LogP contribution in [-0.4, -0.2) is 24.5 Å². The van der Waals surface area contributed by atoms with Crippen molar-refractivity contribution >= 4 is 11.9 Å². The van der Waals surface area contributed by atoms with Crippen LogP contribution in [0.4, 0.5) is 0 Å². The lowest BCUT2D eigenvalue weighted by Crippen LogP contribution is -2.42. The zero-order chi connectivity index (χ0) is 19.8. The fraction of sp³-hybridized carbons (Fsp3) is 0.391. The van der Waals surface area contributed by atoms with Crippen molar-refractivity contribution in [1.29, 1.82) is 0 Å². The molecule has 1 amide bonds. The van der Waals surface area contributed by atoms with Gasteiger partial charge in [-0.15, -0.1) is 0 Å². The third-order valence-electron chi connectivity index (χ3n) is 5.14. The van der Waals surface area contributed by atoms with E-state index in [0.717, 1.165) is 24.8 Å². The lowest BCUT2D eigenvalue weighted by molar-refractivity contribution is -0.125. The van der Waals surface area contributed by atoms with Crippen molar-refractivity contribution in [3.8, 4) is 5.75 Å². The standard InChI is InChI=1S/C23H27NO4/c1-17-9-5-7-13-20(17)24-22(25)16-28-23(26)19-12-6-8-14-21(19)27-15-18-10-3-2-4-11-18/h2-4,6,8,10-12,14,17,20H,5,7,9,13,15-16H2,1H3,(H,24,25)/t17-,20-/m0/s1. The first-order valence-electron chi connectivity index (χ1n) is 9.85. The minimum Gasteiger partial charge on any atom is -0.488 e. The van der Waals surface area contributed by atoms with E-state index in [1.165, 1.54) is 6.42 Å². The van der Waals surface area contributed by atoms with Crippen LogP contribution in [0.5, 0.6) is 5.75 Å². The molecule has 0 saturated heterocycles. The summed E-state index contributed by atoms with van der Waals surface area (Å²) in [4.78, 5) is 24.6. The van der Waals surface area contributed by atoms with Crippen LogP contribution in [0.25, 0.3) is 0 Å². The molecule has 5 nitrogen and oxygen atoms in total. The van der Waals surface area contributed by atoms with E-state index >= 15 is 0 Å². The smallest absolute Gasteiger partial charge is 0.342 e. The molecule has 2 atom stereocenters. The van der Waals surface area contributed by atoms with Crippen molar-refractivity contribution in [1.82, 2.24) is 5.32 Å². The molecule has 0 bridgehead atoms. The molecule has 1 N–H and O–H groups in total. The summed E-state index contributed by atoms with van der Waals surface area (Å²) in [5, 5.41) is 2.99. The largest absolute Gasteiger partial charge is 0.488 e. The minimum atomic E-state index is -0.560. The Bertz CT molecular complexity index is 790. The molecule has 28 heavy (non-hydrogen) atoms. The van der Waals surface area contributed by atoms with Crippen LogP contribution < -0.4 is 10.1 Å². The summed E-state index contributed by atoms with van der Waals surface area (Å²) in [5.74, 6) is 0.0865. The number of para-hydroxylation sites is 1. The SMILES string of the molecule is C[C@H]1CCCC[C@@H]1NC(=O)COC(=O)c1ccccc1OCc1ccccc1. The molecule has 1 fully saturated rings. The first-order valence-corrected chi connectivity index (χ1v) is 9.85. The van der Waals surface area contributed by atoms with Gasteiger partial charge < -0.3 is 14.8 Å².